The molecule has 0 saturated heterocycles. The molecule has 5 rings (SSSR count). The van der Waals surface area contributed by atoms with Crippen molar-refractivity contribution in [3.8, 4) is 0 Å². The van der Waals surface area contributed by atoms with E-state index >= 15 is 0 Å². The largest absolute Gasteiger partial charge is 0.455 e. The quantitative estimate of drug-likeness (QED) is 0.239. The summed E-state index contributed by atoms with van der Waals surface area (Å²) in [6.07, 6.45) is 9.29. The Morgan fingerprint density at radius 1 is 0.971 bits per heavy atom. The molecule has 1 N–H and O–H groups in total. The van der Waals surface area contributed by atoms with Crippen LogP contribution in [0, 0.1) is 10.8 Å². The van der Waals surface area contributed by atoms with Gasteiger partial charge in [-0.25, -0.2) is 0 Å². The van der Waals surface area contributed by atoms with Crippen molar-refractivity contribution < 1.29 is 5.79 Å². The molecule has 1 aliphatic rings. The van der Waals surface area contributed by atoms with Gasteiger partial charge < -0.3 is 9.83 Å². The van der Waals surface area contributed by atoms with Crippen LogP contribution in [0.3, 0.4) is 0 Å². The molecule has 34 heavy (non-hydrogen) atoms. The average molecular weight is 449 g/mol. The van der Waals surface area contributed by atoms with Crippen molar-refractivity contribution >= 4 is 39.3 Å². The van der Waals surface area contributed by atoms with Crippen LogP contribution in [0.15, 0.2) is 83.3 Å². The fraction of sp³-hybridized carbons (Fsp3) is 0.281. The zero-order valence-electron chi connectivity index (χ0n) is 21.3. The van der Waals surface area contributed by atoms with E-state index < -0.39 is 5.89 Å². The molecule has 0 spiro atoms. The molecule has 4 aromatic rings. The number of nitrogens with one attached hydrogen (secondary N) is 1. The van der Waals surface area contributed by atoms with Gasteiger partial charge in [0.2, 0.25) is 0 Å². The zero-order valence-corrected chi connectivity index (χ0v) is 20.3. The highest BCUT2D eigenvalue weighted by Crippen LogP contribution is 2.42. The first-order chi connectivity index (χ1) is 16.8. The fourth-order valence-electron chi connectivity index (χ4n) is 5.10. The van der Waals surface area contributed by atoms with Crippen LogP contribution in [0.2, 0.25) is 0 Å². The third-order valence-electron chi connectivity index (χ3n) is 7.30. The first-order valence-electron chi connectivity index (χ1n) is 12.7. The molecule has 2 nitrogen and oxygen atoms in total. The summed E-state index contributed by atoms with van der Waals surface area (Å²) in [5, 5.41) is 9.97. The Hall–Kier alpha value is -3.39. The Labute approximate surface area is 203 Å². The summed E-state index contributed by atoms with van der Waals surface area (Å²) in [7, 11) is 0. The second-order valence-electron chi connectivity index (χ2n) is 10.2. The lowest BCUT2D eigenvalue weighted by Gasteiger charge is -2.34. The van der Waals surface area contributed by atoms with Crippen molar-refractivity contribution in [2.75, 3.05) is 0 Å². The van der Waals surface area contributed by atoms with E-state index in [1.165, 1.54) is 6.21 Å². The smallest absolute Gasteiger partial charge is 0.142 e. The summed E-state index contributed by atoms with van der Waals surface area (Å²) in [5.41, 5.74) is 7.38. The normalized spacial score (nSPS) is 18.7. The van der Waals surface area contributed by atoms with Crippen LogP contribution in [0.25, 0.3) is 33.1 Å². The maximum Gasteiger partial charge on any atom is 0.142 e. The van der Waals surface area contributed by atoms with E-state index in [1.54, 1.807) is 0 Å². The minimum Gasteiger partial charge on any atom is -0.455 e. The average Bonchev–Trinajstić information content (AvgIpc) is 3.25. The number of hydrogen-bond acceptors (Lipinski definition) is 2. The molecule has 1 saturated carbocycles. The van der Waals surface area contributed by atoms with Crippen LogP contribution in [0.1, 0.15) is 70.4 Å². The molecular weight excluding hydrogens is 414 g/mol. The van der Waals surface area contributed by atoms with Crippen LogP contribution >= 0.6 is 0 Å². The molecule has 0 atom stereocenters. The van der Waals surface area contributed by atoms with Crippen LogP contribution < -0.4 is 0 Å². The standard InChI is InChI=1S/C32H33NO/c1-22(27-8-6-9-29-28-7-4-5-10-30(28)34-31(27)29)21-26(17-20-33)24-13-11-23(12-14-24)25-15-18-32(2,3)19-16-25/h4-14,17,20-21,25,33H,15-16,18-19H2,1-3H3/b22-21+,26-17+,33-20?/i25D. The maximum atomic E-state index is 9.07. The summed E-state index contributed by atoms with van der Waals surface area (Å²) in [4.78, 5) is 0. The summed E-state index contributed by atoms with van der Waals surface area (Å²) in [6.45, 7) is 6.71. The van der Waals surface area contributed by atoms with Gasteiger partial charge in [-0.2, -0.15) is 0 Å². The summed E-state index contributed by atoms with van der Waals surface area (Å²) in [6, 6.07) is 22.8. The van der Waals surface area contributed by atoms with E-state index in [2.05, 4.69) is 75.4 Å². The van der Waals surface area contributed by atoms with E-state index in [1.807, 2.05) is 24.3 Å². The van der Waals surface area contributed by atoms with Crippen molar-refractivity contribution in [3.63, 3.8) is 0 Å². The Kier molecular flexibility index (Phi) is 5.66. The first-order valence-corrected chi connectivity index (χ1v) is 12.2. The van der Waals surface area contributed by atoms with Crippen LogP contribution in [0.5, 0.6) is 0 Å². The second kappa shape index (κ2) is 9.10. The predicted octanol–water partition coefficient (Wildman–Crippen LogP) is 9.41. The van der Waals surface area contributed by atoms with Gasteiger partial charge in [0, 0.05) is 23.9 Å². The Morgan fingerprint density at radius 2 is 1.68 bits per heavy atom. The molecule has 1 aliphatic carbocycles. The Bertz CT molecular complexity index is 1440. The molecule has 1 heterocycles. The summed E-state index contributed by atoms with van der Waals surface area (Å²) >= 11 is 0. The van der Waals surface area contributed by atoms with Gasteiger partial charge in [0.05, 0.1) is 0 Å². The monoisotopic (exact) mass is 448 g/mol. The molecule has 0 radical (unpaired) electrons. The molecular formula is C32H33NO. The number of furan rings is 1. The summed E-state index contributed by atoms with van der Waals surface area (Å²) in [5.74, 6) is -0.498. The molecule has 0 unspecified atom stereocenters. The van der Waals surface area contributed by atoms with Crippen molar-refractivity contribution in [1.82, 2.24) is 0 Å². The number of rotatable bonds is 5. The Balaban J connectivity index is 1.47. The zero-order chi connectivity index (χ0) is 24.6. The van der Waals surface area contributed by atoms with Gasteiger partial charge in [-0.1, -0.05) is 80.6 Å². The highest BCUT2D eigenvalue weighted by atomic mass is 16.3. The van der Waals surface area contributed by atoms with Gasteiger partial charge in [0.25, 0.3) is 0 Å². The third-order valence-corrected chi connectivity index (χ3v) is 7.30. The highest BCUT2D eigenvalue weighted by molar-refractivity contribution is 6.08. The molecule has 0 amide bonds. The van der Waals surface area contributed by atoms with Gasteiger partial charge in [-0.3, -0.25) is 0 Å². The van der Waals surface area contributed by atoms with Crippen molar-refractivity contribution in [2.24, 2.45) is 5.41 Å². The lowest BCUT2D eigenvalue weighted by atomic mass is 9.71. The molecule has 0 aliphatic heterocycles. The molecule has 1 fully saturated rings. The number of benzene rings is 3. The fourth-order valence-corrected chi connectivity index (χ4v) is 5.10. The van der Waals surface area contributed by atoms with Gasteiger partial charge in [0.1, 0.15) is 11.2 Å². The summed E-state index contributed by atoms with van der Waals surface area (Å²) < 4.78 is 15.3. The van der Waals surface area contributed by atoms with Crippen molar-refractivity contribution in [1.29, 1.82) is 5.41 Å². The molecule has 0 bridgehead atoms. The second-order valence-corrected chi connectivity index (χ2v) is 10.2. The van der Waals surface area contributed by atoms with E-state index in [0.29, 0.717) is 5.41 Å². The van der Waals surface area contributed by atoms with Crippen LogP contribution in [-0.4, -0.2) is 6.21 Å². The topological polar surface area (TPSA) is 37.0 Å². The minimum atomic E-state index is -0.498. The number of hydrogen-bond donors (Lipinski definition) is 1. The highest BCUT2D eigenvalue weighted by Gasteiger charge is 2.27. The molecule has 3 aromatic carbocycles. The van der Waals surface area contributed by atoms with Gasteiger partial charge in [0.15, 0.2) is 0 Å². The van der Waals surface area contributed by atoms with E-state index in [0.717, 1.165) is 75.5 Å². The van der Waals surface area contributed by atoms with Gasteiger partial charge in [-0.05, 0) is 78.3 Å². The lowest BCUT2D eigenvalue weighted by Crippen LogP contribution is -2.20. The molecule has 1 aromatic heterocycles. The molecule has 172 valence electrons. The van der Waals surface area contributed by atoms with Crippen LogP contribution in [-0.2, 0) is 0 Å². The SMILES string of the molecule is [2H]C1(c2ccc(C(=C/C=N)/C=C(\C)c3cccc4c3oc3ccccc34)cc2)CCC(C)(C)CC1. The lowest BCUT2D eigenvalue weighted by molar-refractivity contribution is 0.224. The van der Waals surface area contributed by atoms with E-state index in [9.17, 15) is 0 Å². The van der Waals surface area contributed by atoms with E-state index in [4.69, 9.17) is 11.2 Å². The number of allylic oxidation sites excluding steroid dienone is 4. The Morgan fingerprint density at radius 3 is 2.41 bits per heavy atom. The van der Waals surface area contributed by atoms with Crippen molar-refractivity contribution in [3.05, 3.63) is 95.6 Å². The van der Waals surface area contributed by atoms with Crippen LogP contribution in [0.4, 0.5) is 0 Å². The first kappa shape index (κ1) is 21.2. The third kappa shape index (κ3) is 4.37. The number of para-hydroxylation sites is 2. The minimum absolute atomic E-state index is 0.343. The number of fused-ring (bicyclic) bond motifs is 3. The predicted molar refractivity (Wildman–Crippen MR) is 146 cm³/mol. The van der Waals surface area contributed by atoms with Crippen molar-refractivity contribution in [2.45, 2.75) is 52.3 Å². The van der Waals surface area contributed by atoms with Gasteiger partial charge >= 0.3 is 0 Å². The maximum absolute atomic E-state index is 9.07. The van der Waals surface area contributed by atoms with E-state index in [-0.39, 0.29) is 0 Å². The molecule has 2 heteroatoms. The van der Waals surface area contributed by atoms with Gasteiger partial charge in [-0.15, -0.1) is 0 Å².